The maximum absolute atomic E-state index is 13.8. The monoisotopic (exact) mass is 587 g/mol. The summed E-state index contributed by atoms with van der Waals surface area (Å²) >= 11 is 0. The van der Waals surface area contributed by atoms with Gasteiger partial charge in [-0.05, 0) is 55.0 Å². The van der Waals surface area contributed by atoms with Crippen molar-refractivity contribution in [3.8, 4) is 17.6 Å². The number of alkyl halides is 3. The minimum atomic E-state index is -4.85. The van der Waals surface area contributed by atoms with E-state index in [2.05, 4.69) is 11.8 Å². The molecule has 1 unspecified atom stereocenters. The van der Waals surface area contributed by atoms with Gasteiger partial charge in [0.15, 0.2) is 0 Å². The largest absolute Gasteiger partial charge is 0.481 e. The number of carbonyl (C=O) groups is 2. The third-order valence-electron chi connectivity index (χ3n) is 6.35. The van der Waals surface area contributed by atoms with Crippen LogP contribution in [0, 0.1) is 11.8 Å². The predicted octanol–water partition coefficient (Wildman–Crippen LogP) is 3.83. The van der Waals surface area contributed by atoms with Crippen LogP contribution in [0.15, 0.2) is 77.7 Å². The number of anilines is 1. The molecular weight excluding hydrogens is 563 g/mol. The van der Waals surface area contributed by atoms with E-state index in [1.165, 1.54) is 54.0 Å². The molecule has 214 valence electrons. The molecule has 1 aliphatic heterocycles. The summed E-state index contributed by atoms with van der Waals surface area (Å²) < 4.78 is 75.2. The highest BCUT2D eigenvalue weighted by atomic mass is 32.2. The lowest BCUT2D eigenvalue weighted by atomic mass is 10.0. The summed E-state index contributed by atoms with van der Waals surface area (Å²) in [6, 6.07) is 13.8. The minimum absolute atomic E-state index is 0.0889. The van der Waals surface area contributed by atoms with Crippen LogP contribution in [-0.2, 0) is 27.5 Å². The molecule has 1 atom stereocenters. The molecule has 0 aliphatic carbocycles. The summed E-state index contributed by atoms with van der Waals surface area (Å²) in [7, 11) is -4.46. The van der Waals surface area contributed by atoms with Gasteiger partial charge in [0.05, 0.1) is 22.6 Å². The maximum atomic E-state index is 13.8. The molecule has 0 radical (unpaired) electrons. The predicted molar refractivity (Wildman–Crippen MR) is 141 cm³/mol. The van der Waals surface area contributed by atoms with Gasteiger partial charge < -0.3 is 9.64 Å². The summed E-state index contributed by atoms with van der Waals surface area (Å²) in [6.07, 6.45) is -4.85. The first-order valence-electron chi connectivity index (χ1n) is 12.1. The molecule has 0 saturated heterocycles. The number of para-hydroxylation sites is 1. The van der Waals surface area contributed by atoms with Gasteiger partial charge in [0, 0.05) is 12.2 Å². The number of nitrogens with one attached hydrogen (secondary N) is 1. The zero-order valence-electron chi connectivity index (χ0n) is 21.6. The van der Waals surface area contributed by atoms with Gasteiger partial charge in [-0.1, -0.05) is 36.3 Å². The summed E-state index contributed by atoms with van der Waals surface area (Å²) in [5.74, 6) is 3.44. The molecule has 2 amide bonds. The summed E-state index contributed by atoms with van der Waals surface area (Å²) in [5.41, 5.74) is -0.0867. The molecule has 1 heterocycles. The number of nitrogens with zero attached hydrogens (tertiary/aromatic N) is 2. The maximum Gasteiger partial charge on any atom is 0.417 e. The van der Waals surface area contributed by atoms with E-state index in [1.807, 2.05) is 0 Å². The van der Waals surface area contributed by atoms with Crippen LogP contribution in [0.2, 0.25) is 0 Å². The lowest BCUT2D eigenvalue weighted by molar-refractivity contribution is -0.138. The van der Waals surface area contributed by atoms with E-state index in [4.69, 9.17) is 4.74 Å². The van der Waals surface area contributed by atoms with E-state index < -0.39 is 58.3 Å². The van der Waals surface area contributed by atoms with E-state index in [9.17, 15) is 36.4 Å². The standard InChI is InChI=1S/C28H24F3N3O6S/c1-2-3-16-40-20-12-14-21(15-13-20)41(38,39)34-17-19-8-4-7-11-24(19)33(18-25(34)26(35)32-37)27(36)22-9-5-6-10-23(22)28(29,30)31/h4-15,25,37H,16-18H2,1H3,(H,32,35). The molecule has 2 N–H and O–H groups in total. The Kier molecular flexibility index (Phi) is 8.67. The van der Waals surface area contributed by atoms with Crippen LogP contribution in [0.4, 0.5) is 18.9 Å². The zero-order chi connectivity index (χ0) is 29.8. The molecule has 0 spiro atoms. The normalized spacial score (nSPS) is 15.6. The Hall–Kier alpha value is -4.38. The number of rotatable bonds is 6. The second-order valence-corrected chi connectivity index (χ2v) is 10.7. The molecular formula is C28H24F3N3O6S. The van der Waals surface area contributed by atoms with Crippen molar-refractivity contribution in [2.45, 2.75) is 30.6 Å². The van der Waals surface area contributed by atoms with Crippen molar-refractivity contribution in [2.24, 2.45) is 0 Å². The fourth-order valence-electron chi connectivity index (χ4n) is 4.38. The van der Waals surface area contributed by atoms with Crippen molar-refractivity contribution in [3.63, 3.8) is 0 Å². The molecule has 0 fully saturated rings. The van der Waals surface area contributed by atoms with Gasteiger partial charge in [0.25, 0.3) is 11.8 Å². The number of amides is 2. The fraction of sp³-hybridized carbons (Fsp3) is 0.214. The molecule has 3 aromatic carbocycles. The average Bonchev–Trinajstić information content (AvgIpc) is 3.14. The third-order valence-corrected chi connectivity index (χ3v) is 8.22. The molecule has 13 heteroatoms. The molecule has 9 nitrogen and oxygen atoms in total. The number of carbonyl (C=O) groups excluding carboxylic acids is 2. The zero-order valence-corrected chi connectivity index (χ0v) is 22.4. The van der Waals surface area contributed by atoms with Crippen molar-refractivity contribution >= 4 is 27.5 Å². The highest BCUT2D eigenvalue weighted by Gasteiger charge is 2.43. The first kappa shape index (κ1) is 29.6. The van der Waals surface area contributed by atoms with Gasteiger partial charge in [-0.15, -0.1) is 5.92 Å². The van der Waals surface area contributed by atoms with Gasteiger partial charge in [-0.2, -0.15) is 17.5 Å². The Morgan fingerprint density at radius 2 is 1.71 bits per heavy atom. The first-order chi connectivity index (χ1) is 19.5. The molecule has 0 bridgehead atoms. The van der Waals surface area contributed by atoms with Crippen molar-refractivity contribution in [1.82, 2.24) is 9.79 Å². The number of benzene rings is 3. The Morgan fingerprint density at radius 3 is 2.37 bits per heavy atom. The SMILES string of the molecule is CC#CCOc1ccc(S(=O)(=O)N2Cc3ccccc3N(C(=O)c3ccccc3C(F)(F)F)CC2C(=O)NO)cc1. The molecule has 1 aliphatic rings. The van der Waals surface area contributed by atoms with Gasteiger partial charge in [0.2, 0.25) is 10.0 Å². The van der Waals surface area contributed by atoms with Crippen molar-refractivity contribution in [2.75, 3.05) is 18.1 Å². The molecule has 3 aromatic rings. The quantitative estimate of drug-likeness (QED) is 0.257. The van der Waals surface area contributed by atoms with Crippen molar-refractivity contribution in [1.29, 1.82) is 0 Å². The topological polar surface area (TPSA) is 116 Å². The number of fused-ring (bicyclic) bond motifs is 1. The van der Waals surface area contributed by atoms with Crippen LogP contribution < -0.4 is 15.1 Å². The third kappa shape index (κ3) is 6.19. The van der Waals surface area contributed by atoms with Crippen LogP contribution in [0.3, 0.4) is 0 Å². The summed E-state index contributed by atoms with van der Waals surface area (Å²) in [6.45, 7) is 0.614. The molecule has 4 rings (SSSR count). The fourth-order valence-corrected chi connectivity index (χ4v) is 5.94. The highest BCUT2D eigenvalue weighted by molar-refractivity contribution is 7.89. The number of hydroxylamine groups is 1. The molecule has 0 saturated carbocycles. The summed E-state index contributed by atoms with van der Waals surface area (Å²) in [5, 5.41) is 9.48. The summed E-state index contributed by atoms with van der Waals surface area (Å²) in [4.78, 5) is 27.2. The molecule has 0 aromatic heterocycles. The van der Waals surface area contributed by atoms with Crippen LogP contribution >= 0.6 is 0 Å². The Bertz CT molecular complexity index is 1620. The van der Waals surface area contributed by atoms with E-state index in [0.29, 0.717) is 5.75 Å². The Labute approximate surface area is 234 Å². The Morgan fingerprint density at radius 1 is 1.05 bits per heavy atom. The number of hydrogen-bond acceptors (Lipinski definition) is 6. The number of hydrogen-bond donors (Lipinski definition) is 2. The van der Waals surface area contributed by atoms with Gasteiger partial charge in [0.1, 0.15) is 18.4 Å². The lowest BCUT2D eigenvalue weighted by Crippen LogP contribution is -2.53. The van der Waals surface area contributed by atoms with Gasteiger partial charge >= 0.3 is 6.18 Å². The lowest BCUT2D eigenvalue weighted by Gasteiger charge is -2.30. The van der Waals surface area contributed by atoms with Gasteiger partial charge in [-0.3, -0.25) is 14.8 Å². The second kappa shape index (κ2) is 12.0. The van der Waals surface area contributed by atoms with E-state index in [-0.39, 0.29) is 22.8 Å². The average molecular weight is 588 g/mol. The van der Waals surface area contributed by atoms with E-state index in [0.717, 1.165) is 27.4 Å². The van der Waals surface area contributed by atoms with Gasteiger partial charge in [-0.25, -0.2) is 13.9 Å². The van der Waals surface area contributed by atoms with Crippen LogP contribution in [-0.4, -0.2) is 48.9 Å². The minimum Gasteiger partial charge on any atom is -0.481 e. The van der Waals surface area contributed by atoms with Crippen LogP contribution in [0.1, 0.15) is 28.4 Å². The number of halogens is 3. The van der Waals surface area contributed by atoms with Crippen LogP contribution in [0.5, 0.6) is 5.75 Å². The van der Waals surface area contributed by atoms with Crippen LogP contribution in [0.25, 0.3) is 0 Å². The second-order valence-electron chi connectivity index (χ2n) is 8.82. The first-order valence-corrected chi connectivity index (χ1v) is 13.6. The Balaban J connectivity index is 1.79. The highest BCUT2D eigenvalue weighted by Crippen LogP contribution is 2.36. The number of ether oxygens (including phenoxy) is 1. The van der Waals surface area contributed by atoms with Crippen molar-refractivity contribution in [3.05, 3.63) is 89.5 Å². The number of sulfonamides is 1. The molecule has 41 heavy (non-hydrogen) atoms. The van der Waals surface area contributed by atoms with E-state index >= 15 is 0 Å². The van der Waals surface area contributed by atoms with Crippen molar-refractivity contribution < 1.29 is 41.1 Å². The van der Waals surface area contributed by atoms with E-state index in [1.54, 1.807) is 13.0 Å². The smallest absolute Gasteiger partial charge is 0.417 e.